The molecule has 0 unspecified atom stereocenters. The number of aryl methyl sites for hydroxylation is 1. The van der Waals surface area contributed by atoms with E-state index in [0.29, 0.717) is 37.7 Å². The van der Waals surface area contributed by atoms with Crippen molar-refractivity contribution < 1.29 is 13.2 Å². The molecule has 1 heterocycles. The van der Waals surface area contributed by atoms with Crippen LogP contribution in [-0.2, 0) is 27.7 Å². The molecule has 1 amide bonds. The first-order valence-electron chi connectivity index (χ1n) is 13.0. The molecule has 10 heteroatoms. The van der Waals surface area contributed by atoms with Gasteiger partial charge in [0, 0.05) is 18.7 Å². The molecule has 0 spiro atoms. The van der Waals surface area contributed by atoms with Crippen molar-refractivity contribution in [1.82, 2.24) is 9.62 Å². The molecule has 1 fully saturated rings. The van der Waals surface area contributed by atoms with E-state index >= 15 is 0 Å². The van der Waals surface area contributed by atoms with Crippen LogP contribution in [-0.4, -0.2) is 57.3 Å². The number of hydrogen-bond donors (Lipinski definition) is 5. The van der Waals surface area contributed by atoms with Crippen molar-refractivity contribution in [3.8, 4) is 0 Å². The van der Waals surface area contributed by atoms with Gasteiger partial charge in [-0.15, -0.1) is 0 Å². The second kappa shape index (κ2) is 13.7. The molecule has 0 bridgehead atoms. The zero-order chi connectivity index (χ0) is 26.8. The van der Waals surface area contributed by atoms with Gasteiger partial charge < -0.3 is 22.1 Å². The van der Waals surface area contributed by atoms with Crippen molar-refractivity contribution in [1.29, 1.82) is 5.41 Å². The van der Waals surface area contributed by atoms with E-state index in [1.807, 2.05) is 12.1 Å². The summed E-state index contributed by atoms with van der Waals surface area (Å²) in [6.07, 6.45) is 5.27. The highest BCUT2D eigenvalue weighted by molar-refractivity contribution is 7.89. The van der Waals surface area contributed by atoms with Crippen molar-refractivity contribution in [2.45, 2.75) is 55.9 Å². The summed E-state index contributed by atoms with van der Waals surface area (Å²) in [5, 5.41) is 7.72. The van der Waals surface area contributed by atoms with Gasteiger partial charge in [-0.3, -0.25) is 10.2 Å². The summed E-state index contributed by atoms with van der Waals surface area (Å²) in [5.41, 5.74) is 19.1. The number of carbonyl (C=O) groups is 1. The maximum absolute atomic E-state index is 13.6. The van der Waals surface area contributed by atoms with Crippen molar-refractivity contribution in [3.05, 3.63) is 65.2 Å². The van der Waals surface area contributed by atoms with Gasteiger partial charge in [-0.25, -0.2) is 8.42 Å². The average molecular weight is 529 g/mol. The summed E-state index contributed by atoms with van der Waals surface area (Å²) in [6, 6.07) is 12.9. The van der Waals surface area contributed by atoms with E-state index in [1.165, 1.54) is 0 Å². The van der Waals surface area contributed by atoms with Gasteiger partial charge in [0.1, 0.15) is 11.9 Å². The molecular weight excluding hydrogens is 488 g/mol. The fourth-order valence-electron chi connectivity index (χ4n) is 4.78. The van der Waals surface area contributed by atoms with Gasteiger partial charge in [0.2, 0.25) is 15.9 Å². The Labute approximate surface area is 220 Å². The molecule has 0 aliphatic carbocycles. The lowest BCUT2D eigenvalue weighted by atomic mass is 9.93. The molecule has 2 aromatic carbocycles. The van der Waals surface area contributed by atoms with Crippen molar-refractivity contribution >= 4 is 21.8 Å². The number of amides is 1. The first-order chi connectivity index (χ1) is 17.7. The van der Waals surface area contributed by atoms with Crippen LogP contribution in [0.4, 0.5) is 0 Å². The minimum atomic E-state index is -3.97. The van der Waals surface area contributed by atoms with Crippen LogP contribution in [0.15, 0.2) is 53.4 Å². The van der Waals surface area contributed by atoms with Crippen molar-refractivity contribution in [2.75, 3.05) is 26.2 Å². The average Bonchev–Trinajstić information content (AvgIpc) is 2.89. The summed E-state index contributed by atoms with van der Waals surface area (Å²) in [4.78, 5) is 15.5. The SMILES string of the molecule is N=C(N)c1cccc(C[C@@H](NS(=O)(=O)c2cccc(CCCCN)c2)C(=O)N2CCC(CCN)CC2)c1. The maximum Gasteiger partial charge on any atom is 0.241 e. The lowest BCUT2D eigenvalue weighted by Gasteiger charge is -2.34. The number of sulfonamides is 1. The monoisotopic (exact) mass is 528 g/mol. The number of nitrogens with two attached hydrogens (primary N) is 3. The number of rotatable bonds is 13. The number of unbranched alkanes of at least 4 members (excludes halogenated alkanes) is 1. The molecule has 0 saturated carbocycles. The Kier molecular flexibility index (Phi) is 10.6. The second-order valence-electron chi connectivity index (χ2n) is 9.73. The molecular formula is C27H40N6O3S. The van der Waals surface area contributed by atoms with Crippen molar-refractivity contribution in [2.24, 2.45) is 23.1 Å². The van der Waals surface area contributed by atoms with Crippen LogP contribution in [0.3, 0.4) is 0 Å². The minimum Gasteiger partial charge on any atom is -0.384 e. The molecule has 0 radical (unpaired) electrons. The normalized spacial score (nSPS) is 15.5. The standard InChI is InChI=1S/C27H40N6O3S/c28-13-2-1-5-21-6-4-9-24(18-21)37(35,36)32-25(19-22-7-3-8-23(17-22)26(30)31)27(34)33-15-11-20(10-14-29)12-16-33/h3-4,6-9,17-18,20,25,32H,1-2,5,10-16,19,28-29H2,(H3,30,31)/t25-/m1/s1. The summed E-state index contributed by atoms with van der Waals surface area (Å²) >= 11 is 0. The number of likely N-dealkylation sites (tertiary alicyclic amines) is 1. The van der Waals surface area contributed by atoms with E-state index in [2.05, 4.69) is 4.72 Å². The number of benzene rings is 2. The highest BCUT2D eigenvalue weighted by Crippen LogP contribution is 2.22. The first-order valence-corrected chi connectivity index (χ1v) is 14.5. The molecule has 1 saturated heterocycles. The third-order valence-electron chi connectivity index (χ3n) is 6.90. The molecule has 8 N–H and O–H groups in total. The molecule has 3 rings (SSSR count). The molecule has 0 aromatic heterocycles. The summed E-state index contributed by atoms with van der Waals surface area (Å²) in [7, 11) is -3.97. The lowest BCUT2D eigenvalue weighted by Crippen LogP contribution is -2.51. The van der Waals surface area contributed by atoms with Crippen LogP contribution in [0.2, 0.25) is 0 Å². The number of amidine groups is 1. The van der Waals surface area contributed by atoms with E-state index in [0.717, 1.165) is 49.7 Å². The van der Waals surface area contributed by atoms with Crippen LogP contribution in [0.5, 0.6) is 0 Å². The van der Waals surface area contributed by atoms with Gasteiger partial charge in [-0.1, -0.05) is 30.3 Å². The summed E-state index contributed by atoms with van der Waals surface area (Å²) < 4.78 is 29.6. The Balaban J connectivity index is 1.83. The Bertz CT molecular complexity index is 1160. The van der Waals surface area contributed by atoms with Gasteiger partial charge in [0.25, 0.3) is 0 Å². The van der Waals surface area contributed by atoms with Crippen LogP contribution in [0, 0.1) is 11.3 Å². The van der Waals surface area contributed by atoms with Gasteiger partial charge in [-0.2, -0.15) is 4.72 Å². The zero-order valence-electron chi connectivity index (χ0n) is 21.4. The van der Waals surface area contributed by atoms with E-state index in [4.69, 9.17) is 22.6 Å². The number of nitrogen functional groups attached to an aromatic ring is 1. The molecule has 2 aromatic rings. The second-order valence-corrected chi connectivity index (χ2v) is 11.4. The maximum atomic E-state index is 13.6. The quantitative estimate of drug-likeness (QED) is 0.151. The highest BCUT2D eigenvalue weighted by atomic mass is 32.2. The summed E-state index contributed by atoms with van der Waals surface area (Å²) in [6.45, 7) is 2.37. The molecule has 202 valence electrons. The van der Waals surface area contributed by atoms with E-state index in [-0.39, 0.29) is 23.1 Å². The van der Waals surface area contributed by atoms with E-state index in [9.17, 15) is 13.2 Å². The van der Waals surface area contributed by atoms with E-state index < -0.39 is 16.1 Å². The fourth-order valence-corrected chi connectivity index (χ4v) is 6.04. The molecule has 9 nitrogen and oxygen atoms in total. The van der Waals surface area contributed by atoms with Crippen molar-refractivity contribution in [3.63, 3.8) is 0 Å². The number of carbonyl (C=O) groups excluding carboxylic acids is 1. The summed E-state index contributed by atoms with van der Waals surface area (Å²) in [5.74, 6) is 0.152. The molecule has 1 aliphatic heterocycles. The number of piperidine rings is 1. The lowest BCUT2D eigenvalue weighted by molar-refractivity contribution is -0.134. The number of nitrogens with one attached hydrogen (secondary N) is 2. The van der Waals surface area contributed by atoms with Crippen LogP contribution in [0.25, 0.3) is 0 Å². The highest BCUT2D eigenvalue weighted by Gasteiger charge is 2.32. The first kappa shape index (κ1) is 28.8. The Hall–Kier alpha value is -2.79. The smallest absolute Gasteiger partial charge is 0.241 e. The Morgan fingerprint density at radius 2 is 1.73 bits per heavy atom. The van der Waals surface area contributed by atoms with Gasteiger partial charge in [0.05, 0.1) is 4.90 Å². The zero-order valence-corrected chi connectivity index (χ0v) is 22.2. The Morgan fingerprint density at radius 3 is 2.41 bits per heavy atom. The van der Waals surface area contributed by atoms with Gasteiger partial charge in [0.15, 0.2) is 0 Å². The van der Waals surface area contributed by atoms with Crippen LogP contribution < -0.4 is 21.9 Å². The van der Waals surface area contributed by atoms with Gasteiger partial charge >= 0.3 is 0 Å². The number of hydrogen-bond acceptors (Lipinski definition) is 6. The third kappa shape index (κ3) is 8.36. The van der Waals surface area contributed by atoms with E-state index in [1.54, 1.807) is 41.3 Å². The largest absolute Gasteiger partial charge is 0.384 e. The molecule has 1 atom stereocenters. The van der Waals surface area contributed by atoms with Crippen LogP contribution >= 0.6 is 0 Å². The predicted molar refractivity (Wildman–Crippen MR) is 147 cm³/mol. The molecule has 1 aliphatic rings. The fraction of sp³-hybridized carbons (Fsp3) is 0.481. The number of nitrogens with zero attached hydrogens (tertiary/aromatic N) is 1. The van der Waals surface area contributed by atoms with Crippen LogP contribution in [0.1, 0.15) is 48.8 Å². The minimum absolute atomic E-state index is 0.0845. The third-order valence-corrected chi connectivity index (χ3v) is 8.37. The molecule has 37 heavy (non-hydrogen) atoms. The topological polar surface area (TPSA) is 168 Å². The predicted octanol–water partition coefficient (Wildman–Crippen LogP) is 1.73. The Morgan fingerprint density at radius 1 is 1.03 bits per heavy atom. The van der Waals surface area contributed by atoms with Gasteiger partial charge in [-0.05, 0) is 93.3 Å².